The number of aromatic nitrogens is 2. The number of aryl methyl sites for hydroxylation is 2. The first-order valence-corrected chi connectivity index (χ1v) is 8.59. The number of rotatable bonds is 2. The molecule has 1 aromatic carbocycles. The van der Waals surface area contributed by atoms with Crippen LogP contribution in [0.4, 0.5) is 4.39 Å². The van der Waals surface area contributed by atoms with Gasteiger partial charge in [-0.2, -0.15) is 5.26 Å². The lowest BCUT2D eigenvalue weighted by Gasteiger charge is -2.02. The first-order valence-electron chi connectivity index (χ1n) is 6.98. The molecule has 0 atom stereocenters. The van der Waals surface area contributed by atoms with Crippen molar-refractivity contribution >= 4 is 49.1 Å². The Kier molecular flexibility index (Phi) is 4.35. The molecule has 2 heterocycles. The predicted octanol–water partition coefficient (Wildman–Crippen LogP) is 4.57. The number of aromatic amines is 1. The Bertz CT molecular complexity index is 1090. The predicted molar refractivity (Wildman–Crippen MR) is 97.3 cm³/mol. The van der Waals surface area contributed by atoms with Crippen LogP contribution in [0.1, 0.15) is 21.8 Å². The second-order valence-electron chi connectivity index (χ2n) is 5.21. The van der Waals surface area contributed by atoms with Gasteiger partial charge in [0.05, 0.1) is 11.0 Å². The molecule has 3 rings (SSSR count). The highest BCUT2D eigenvalue weighted by Gasteiger charge is 2.14. The van der Waals surface area contributed by atoms with E-state index >= 15 is 0 Å². The zero-order valence-electron chi connectivity index (χ0n) is 12.8. The van der Waals surface area contributed by atoms with Gasteiger partial charge in [-0.05, 0) is 43.7 Å². The third-order valence-corrected chi connectivity index (χ3v) is 5.27. The fourth-order valence-electron chi connectivity index (χ4n) is 2.32. The quantitative estimate of drug-likeness (QED) is 0.637. The number of hydrogen-bond acceptors (Lipinski definition) is 4. The summed E-state index contributed by atoms with van der Waals surface area (Å²) >= 11 is 4.67. The highest BCUT2D eigenvalue weighted by molar-refractivity contribution is 9.10. The Hall–Kier alpha value is -2.30. The molecular formula is C17H11BrFN3OS. The molecule has 0 aliphatic rings. The topological polar surface area (TPSA) is 69.5 Å². The molecular weight excluding hydrogens is 393 g/mol. The van der Waals surface area contributed by atoms with Crippen molar-refractivity contribution in [3.63, 3.8) is 0 Å². The molecule has 0 aliphatic carbocycles. The van der Waals surface area contributed by atoms with E-state index in [1.807, 2.05) is 19.9 Å². The van der Waals surface area contributed by atoms with Crippen molar-refractivity contribution in [1.82, 2.24) is 9.97 Å². The third kappa shape index (κ3) is 2.90. The summed E-state index contributed by atoms with van der Waals surface area (Å²) in [6.07, 6.45) is 1.37. The van der Waals surface area contributed by atoms with E-state index in [-0.39, 0.29) is 22.5 Å². The number of benzene rings is 1. The smallest absolute Gasteiger partial charge is 0.260 e. The molecule has 2 aromatic heterocycles. The second kappa shape index (κ2) is 6.30. The first-order chi connectivity index (χ1) is 11.4. The maximum atomic E-state index is 13.9. The molecule has 7 heteroatoms. The summed E-state index contributed by atoms with van der Waals surface area (Å²) < 4.78 is 14.6. The minimum atomic E-state index is -0.461. The summed E-state index contributed by atoms with van der Waals surface area (Å²) in [6, 6.07) is 6.41. The summed E-state index contributed by atoms with van der Waals surface area (Å²) in [5.74, 6) is -0.326. The first kappa shape index (κ1) is 16.6. The van der Waals surface area contributed by atoms with Gasteiger partial charge in [0.15, 0.2) is 5.82 Å². The van der Waals surface area contributed by atoms with Crippen LogP contribution in [0, 0.1) is 31.0 Å². The normalized spacial score (nSPS) is 11.7. The molecule has 3 aromatic rings. The average Bonchev–Trinajstić information content (AvgIpc) is 2.83. The van der Waals surface area contributed by atoms with Crippen LogP contribution in [-0.2, 0) is 0 Å². The number of fused-ring (bicyclic) bond motifs is 1. The van der Waals surface area contributed by atoms with Crippen LogP contribution >= 0.6 is 27.3 Å². The van der Waals surface area contributed by atoms with Crippen LogP contribution in [0.2, 0.25) is 0 Å². The molecule has 0 saturated carbocycles. The number of nitrogens with one attached hydrogen (secondary N) is 1. The van der Waals surface area contributed by atoms with Gasteiger partial charge in [0.25, 0.3) is 5.56 Å². The standard InChI is InChI=1S/C17H11BrFN3OS/c1-8-9(2)24-17-14(8)16(23)21-15(22-17)11(7-20)5-10-6-12(18)3-4-13(10)19/h3-6H,1-2H3,(H,21,22,23)/b11-5+. The van der Waals surface area contributed by atoms with Crippen molar-refractivity contribution in [2.24, 2.45) is 0 Å². The highest BCUT2D eigenvalue weighted by Crippen LogP contribution is 2.27. The minimum Gasteiger partial charge on any atom is -0.305 e. The fraction of sp³-hybridized carbons (Fsp3) is 0.118. The molecule has 0 amide bonds. The van der Waals surface area contributed by atoms with E-state index in [0.717, 1.165) is 10.4 Å². The third-order valence-electron chi connectivity index (χ3n) is 3.67. The van der Waals surface area contributed by atoms with Gasteiger partial charge in [0, 0.05) is 14.9 Å². The van der Waals surface area contributed by atoms with E-state index in [0.29, 0.717) is 14.7 Å². The summed E-state index contributed by atoms with van der Waals surface area (Å²) in [6.45, 7) is 3.78. The van der Waals surface area contributed by atoms with Gasteiger partial charge in [-0.15, -0.1) is 11.3 Å². The van der Waals surface area contributed by atoms with Crippen LogP contribution < -0.4 is 5.56 Å². The lowest BCUT2D eigenvalue weighted by atomic mass is 10.1. The van der Waals surface area contributed by atoms with Gasteiger partial charge in [-0.25, -0.2) is 9.37 Å². The molecule has 0 aliphatic heterocycles. The Morgan fingerprint density at radius 1 is 1.46 bits per heavy atom. The van der Waals surface area contributed by atoms with Crippen molar-refractivity contribution in [3.05, 3.63) is 60.7 Å². The number of allylic oxidation sites excluding steroid dienone is 1. The minimum absolute atomic E-state index is 0.0923. The van der Waals surface area contributed by atoms with E-state index in [1.54, 1.807) is 12.1 Å². The summed E-state index contributed by atoms with van der Waals surface area (Å²) in [4.78, 5) is 20.9. The van der Waals surface area contributed by atoms with Crippen molar-refractivity contribution < 1.29 is 4.39 Å². The lowest BCUT2D eigenvalue weighted by molar-refractivity contribution is 0.625. The molecule has 4 nitrogen and oxygen atoms in total. The van der Waals surface area contributed by atoms with Gasteiger partial charge in [0.1, 0.15) is 16.7 Å². The van der Waals surface area contributed by atoms with Gasteiger partial charge in [-0.1, -0.05) is 15.9 Å². The largest absolute Gasteiger partial charge is 0.305 e. The molecule has 120 valence electrons. The summed E-state index contributed by atoms with van der Waals surface area (Å²) in [5.41, 5.74) is 0.917. The average molecular weight is 404 g/mol. The zero-order chi connectivity index (χ0) is 17.4. The molecule has 0 spiro atoms. The number of thiophene rings is 1. The van der Waals surface area contributed by atoms with E-state index in [9.17, 15) is 14.4 Å². The van der Waals surface area contributed by atoms with Gasteiger partial charge < -0.3 is 4.98 Å². The molecule has 0 radical (unpaired) electrons. The number of H-pyrrole nitrogens is 1. The lowest BCUT2D eigenvalue weighted by Crippen LogP contribution is -2.10. The van der Waals surface area contributed by atoms with E-state index in [2.05, 4.69) is 25.9 Å². The number of hydrogen-bond donors (Lipinski definition) is 1. The van der Waals surface area contributed by atoms with Crippen LogP contribution in [-0.4, -0.2) is 9.97 Å². The Labute approximate surface area is 149 Å². The Balaban J connectivity index is 2.21. The van der Waals surface area contributed by atoms with Gasteiger partial charge in [0.2, 0.25) is 0 Å². The van der Waals surface area contributed by atoms with E-state index in [1.165, 1.54) is 23.5 Å². The fourth-order valence-corrected chi connectivity index (χ4v) is 3.73. The molecule has 0 saturated heterocycles. The van der Waals surface area contributed by atoms with Crippen molar-refractivity contribution in [2.45, 2.75) is 13.8 Å². The molecule has 24 heavy (non-hydrogen) atoms. The van der Waals surface area contributed by atoms with Crippen molar-refractivity contribution in [3.8, 4) is 6.07 Å². The second-order valence-corrected chi connectivity index (χ2v) is 7.33. The number of nitrogens with zero attached hydrogens (tertiary/aromatic N) is 2. The summed E-state index contributed by atoms with van der Waals surface area (Å²) in [5, 5.41) is 9.95. The van der Waals surface area contributed by atoms with Gasteiger partial charge in [-0.3, -0.25) is 4.79 Å². The monoisotopic (exact) mass is 403 g/mol. The van der Waals surface area contributed by atoms with Crippen molar-refractivity contribution in [1.29, 1.82) is 5.26 Å². The highest BCUT2D eigenvalue weighted by atomic mass is 79.9. The van der Waals surface area contributed by atoms with Crippen LogP contribution in [0.5, 0.6) is 0 Å². The van der Waals surface area contributed by atoms with Crippen molar-refractivity contribution in [2.75, 3.05) is 0 Å². The Morgan fingerprint density at radius 2 is 2.21 bits per heavy atom. The van der Waals surface area contributed by atoms with Gasteiger partial charge >= 0.3 is 0 Å². The molecule has 1 N–H and O–H groups in total. The molecule has 0 fully saturated rings. The SMILES string of the molecule is Cc1sc2nc(/C(C#N)=C/c3cc(Br)ccc3F)[nH]c(=O)c2c1C. The van der Waals surface area contributed by atoms with Crippen LogP contribution in [0.3, 0.4) is 0 Å². The number of halogens is 2. The number of nitriles is 1. The molecule has 0 unspecified atom stereocenters. The maximum Gasteiger partial charge on any atom is 0.260 e. The zero-order valence-corrected chi connectivity index (χ0v) is 15.2. The molecule has 0 bridgehead atoms. The maximum absolute atomic E-state index is 13.9. The Morgan fingerprint density at radius 3 is 2.92 bits per heavy atom. The van der Waals surface area contributed by atoms with E-state index < -0.39 is 5.82 Å². The van der Waals surface area contributed by atoms with Crippen LogP contribution in [0.25, 0.3) is 21.9 Å². The van der Waals surface area contributed by atoms with E-state index in [4.69, 9.17) is 0 Å². The summed E-state index contributed by atoms with van der Waals surface area (Å²) in [7, 11) is 0. The van der Waals surface area contributed by atoms with Crippen LogP contribution in [0.15, 0.2) is 27.5 Å².